The number of amides is 1. The molecule has 4 aromatic rings. The first-order valence-corrected chi connectivity index (χ1v) is 9.30. The van der Waals surface area contributed by atoms with Gasteiger partial charge < -0.3 is 9.40 Å². The minimum atomic E-state index is -0.269. The van der Waals surface area contributed by atoms with Gasteiger partial charge in [-0.3, -0.25) is 4.79 Å². The molecule has 2 heterocycles. The third-order valence-electron chi connectivity index (χ3n) is 3.86. The Morgan fingerprint density at radius 2 is 2.00 bits per heavy atom. The number of nitrogens with zero attached hydrogens (tertiary/aromatic N) is 2. The molecule has 4 rings (SSSR count). The van der Waals surface area contributed by atoms with Crippen LogP contribution < -0.4 is 5.43 Å². The average Bonchev–Trinajstić information content (AvgIpc) is 3.36. The fourth-order valence-corrected chi connectivity index (χ4v) is 3.33. The Kier molecular flexibility index (Phi) is 5.02. The quantitative estimate of drug-likeness (QED) is 0.300. The lowest BCUT2D eigenvalue weighted by Gasteiger charge is -2.02. The summed E-state index contributed by atoms with van der Waals surface area (Å²) in [6, 6.07) is 18.9. The SMILES string of the molecule is O=C(N/N=C/c1ccco1)c1ccc(CSc2nc3ccccc3[nH]2)cc1. The van der Waals surface area contributed by atoms with Gasteiger partial charge in [0, 0.05) is 11.3 Å². The third-order valence-corrected chi connectivity index (χ3v) is 4.80. The summed E-state index contributed by atoms with van der Waals surface area (Å²) in [6.07, 6.45) is 3.00. The van der Waals surface area contributed by atoms with Crippen LogP contribution in [0.25, 0.3) is 11.0 Å². The second-order valence-electron chi connectivity index (χ2n) is 5.76. The number of fused-ring (bicyclic) bond motifs is 1. The van der Waals surface area contributed by atoms with Crippen molar-refractivity contribution in [3.8, 4) is 0 Å². The summed E-state index contributed by atoms with van der Waals surface area (Å²) >= 11 is 1.62. The summed E-state index contributed by atoms with van der Waals surface area (Å²) in [4.78, 5) is 19.9. The van der Waals surface area contributed by atoms with Crippen molar-refractivity contribution < 1.29 is 9.21 Å². The standard InChI is InChI=1S/C20H16N4O2S/c25-19(24-21-12-16-4-3-11-26-16)15-9-7-14(8-10-15)13-27-20-22-17-5-1-2-6-18(17)23-20/h1-12H,13H2,(H,22,23)(H,24,25)/b21-12+. The fourth-order valence-electron chi connectivity index (χ4n) is 2.49. The van der Waals surface area contributed by atoms with Gasteiger partial charge in [-0.2, -0.15) is 5.10 Å². The van der Waals surface area contributed by atoms with E-state index in [9.17, 15) is 4.79 Å². The molecule has 0 aliphatic rings. The predicted molar refractivity (Wildman–Crippen MR) is 106 cm³/mol. The number of furan rings is 1. The van der Waals surface area contributed by atoms with Gasteiger partial charge in [0.15, 0.2) is 5.16 Å². The van der Waals surface area contributed by atoms with E-state index in [4.69, 9.17) is 4.42 Å². The first-order valence-electron chi connectivity index (χ1n) is 8.31. The van der Waals surface area contributed by atoms with Gasteiger partial charge in [-0.25, -0.2) is 10.4 Å². The number of hydrogen-bond acceptors (Lipinski definition) is 5. The molecule has 0 bridgehead atoms. The van der Waals surface area contributed by atoms with Crippen LogP contribution in [0.5, 0.6) is 0 Å². The van der Waals surface area contributed by atoms with Crippen LogP contribution in [-0.2, 0) is 5.75 Å². The summed E-state index contributed by atoms with van der Waals surface area (Å²) in [7, 11) is 0. The van der Waals surface area contributed by atoms with E-state index in [1.807, 2.05) is 36.4 Å². The van der Waals surface area contributed by atoms with E-state index in [1.54, 1.807) is 42.3 Å². The lowest BCUT2D eigenvalue weighted by atomic mass is 10.1. The number of nitrogens with one attached hydrogen (secondary N) is 2. The first kappa shape index (κ1) is 17.1. The summed E-state index contributed by atoms with van der Waals surface area (Å²) in [6.45, 7) is 0. The number of rotatable bonds is 6. The fraction of sp³-hybridized carbons (Fsp3) is 0.0500. The van der Waals surface area contributed by atoms with Crippen LogP contribution in [0.15, 0.2) is 81.6 Å². The van der Waals surface area contributed by atoms with E-state index in [1.165, 1.54) is 6.21 Å². The van der Waals surface area contributed by atoms with Crippen molar-refractivity contribution in [2.45, 2.75) is 10.9 Å². The zero-order chi connectivity index (χ0) is 18.5. The number of benzene rings is 2. The van der Waals surface area contributed by atoms with Crippen LogP contribution >= 0.6 is 11.8 Å². The molecular weight excluding hydrogens is 360 g/mol. The molecule has 0 radical (unpaired) electrons. The summed E-state index contributed by atoms with van der Waals surface area (Å²) in [5.74, 6) is 1.07. The maximum absolute atomic E-state index is 12.1. The molecule has 0 aliphatic carbocycles. The minimum Gasteiger partial charge on any atom is -0.463 e. The topological polar surface area (TPSA) is 83.3 Å². The van der Waals surface area contributed by atoms with Crippen molar-refractivity contribution >= 4 is 34.9 Å². The molecule has 0 saturated heterocycles. The molecule has 0 aliphatic heterocycles. The highest BCUT2D eigenvalue weighted by Gasteiger charge is 2.06. The normalized spacial score (nSPS) is 11.3. The second kappa shape index (κ2) is 7.92. The third kappa shape index (κ3) is 4.27. The Labute approximate surface area is 159 Å². The highest BCUT2D eigenvalue weighted by atomic mass is 32.2. The predicted octanol–water partition coefficient (Wildman–Crippen LogP) is 4.21. The number of imidazole rings is 1. The number of aromatic amines is 1. The number of aromatic nitrogens is 2. The van der Waals surface area contributed by atoms with Crippen LogP contribution in [0.4, 0.5) is 0 Å². The van der Waals surface area contributed by atoms with E-state index >= 15 is 0 Å². The molecule has 7 heteroatoms. The molecule has 2 N–H and O–H groups in total. The highest BCUT2D eigenvalue weighted by molar-refractivity contribution is 7.98. The van der Waals surface area contributed by atoms with Crippen molar-refractivity contribution in [3.05, 3.63) is 83.8 Å². The maximum Gasteiger partial charge on any atom is 0.271 e. The smallest absolute Gasteiger partial charge is 0.271 e. The maximum atomic E-state index is 12.1. The largest absolute Gasteiger partial charge is 0.463 e. The van der Waals surface area contributed by atoms with Gasteiger partial charge in [0.1, 0.15) is 5.76 Å². The van der Waals surface area contributed by atoms with Crippen molar-refractivity contribution in [2.75, 3.05) is 0 Å². The van der Waals surface area contributed by atoms with E-state index in [-0.39, 0.29) is 5.91 Å². The van der Waals surface area contributed by atoms with Crippen molar-refractivity contribution in [1.29, 1.82) is 0 Å². The van der Waals surface area contributed by atoms with Crippen LogP contribution in [-0.4, -0.2) is 22.1 Å². The molecule has 0 fully saturated rings. The summed E-state index contributed by atoms with van der Waals surface area (Å²) in [5.41, 5.74) is 6.12. The molecule has 1 amide bonds. The Morgan fingerprint density at radius 1 is 1.15 bits per heavy atom. The van der Waals surface area contributed by atoms with Gasteiger partial charge in [0.2, 0.25) is 0 Å². The molecule has 2 aromatic heterocycles. The van der Waals surface area contributed by atoms with Gasteiger partial charge in [0.05, 0.1) is 23.5 Å². The van der Waals surface area contributed by atoms with Gasteiger partial charge in [-0.1, -0.05) is 36.0 Å². The van der Waals surface area contributed by atoms with E-state index in [0.29, 0.717) is 11.3 Å². The van der Waals surface area contributed by atoms with E-state index in [2.05, 4.69) is 20.5 Å². The number of para-hydroxylation sites is 2. The van der Waals surface area contributed by atoms with E-state index < -0.39 is 0 Å². The second-order valence-corrected chi connectivity index (χ2v) is 6.72. The van der Waals surface area contributed by atoms with Crippen LogP contribution in [0.2, 0.25) is 0 Å². The van der Waals surface area contributed by atoms with Gasteiger partial charge in [-0.15, -0.1) is 0 Å². The number of thioether (sulfide) groups is 1. The Morgan fingerprint density at radius 3 is 2.78 bits per heavy atom. The molecule has 0 spiro atoms. The first-order chi connectivity index (χ1) is 13.3. The number of H-pyrrole nitrogens is 1. The van der Waals surface area contributed by atoms with Crippen LogP contribution in [0, 0.1) is 0 Å². The van der Waals surface area contributed by atoms with Crippen molar-refractivity contribution in [2.24, 2.45) is 5.10 Å². The summed E-state index contributed by atoms with van der Waals surface area (Å²) in [5, 5.41) is 4.75. The zero-order valence-electron chi connectivity index (χ0n) is 14.3. The minimum absolute atomic E-state index is 0.269. The van der Waals surface area contributed by atoms with Gasteiger partial charge in [-0.05, 0) is 42.0 Å². The lowest BCUT2D eigenvalue weighted by Crippen LogP contribution is -2.17. The number of carbonyl (C=O) groups is 1. The Balaban J connectivity index is 1.33. The molecule has 2 aromatic carbocycles. The molecule has 27 heavy (non-hydrogen) atoms. The van der Waals surface area contributed by atoms with Gasteiger partial charge in [0.25, 0.3) is 5.91 Å². The number of carbonyl (C=O) groups excluding carboxylic acids is 1. The number of hydrogen-bond donors (Lipinski definition) is 2. The zero-order valence-corrected chi connectivity index (χ0v) is 15.1. The molecule has 6 nitrogen and oxygen atoms in total. The van der Waals surface area contributed by atoms with Gasteiger partial charge >= 0.3 is 0 Å². The van der Waals surface area contributed by atoms with Crippen molar-refractivity contribution in [1.82, 2.24) is 15.4 Å². The average molecular weight is 376 g/mol. The van der Waals surface area contributed by atoms with Crippen LogP contribution in [0.1, 0.15) is 21.7 Å². The monoisotopic (exact) mass is 376 g/mol. The van der Waals surface area contributed by atoms with Crippen molar-refractivity contribution in [3.63, 3.8) is 0 Å². The van der Waals surface area contributed by atoms with Crippen LogP contribution in [0.3, 0.4) is 0 Å². The highest BCUT2D eigenvalue weighted by Crippen LogP contribution is 2.23. The molecule has 0 atom stereocenters. The Bertz CT molecular complexity index is 1040. The molecule has 0 saturated carbocycles. The molecule has 0 unspecified atom stereocenters. The molecular formula is C20H16N4O2S. The Hall–Kier alpha value is -3.32. The lowest BCUT2D eigenvalue weighted by molar-refractivity contribution is 0.0955. The van der Waals surface area contributed by atoms with E-state index in [0.717, 1.165) is 27.5 Å². The summed E-state index contributed by atoms with van der Waals surface area (Å²) < 4.78 is 5.11. The molecule has 134 valence electrons. The number of hydrazone groups is 1.